The van der Waals surface area contributed by atoms with Gasteiger partial charge in [-0.3, -0.25) is 14.5 Å². The van der Waals surface area contributed by atoms with E-state index in [1.54, 1.807) is 17.7 Å². The summed E-state index contributed by atoms with van der Waals surface area (Å²) in [6, 6.07) is 5.49. The third-order valence-corrected chi connectivity index (χ3v) is 6.50. The molecule has 3 aromatic heterocycles. The number of nitrogens with one attached hydrogen (secondary N) is 1. The van der Waals surface area contributed by atoms with Gasteiger partial charge in [-0.1, -0.05) is 30.5 Å². The number of carbonyl (C=O) groups is 1. The molecule has 0 unspecified atom stereocenters. The number of hydrogen-bond donors (Lipinski definition) is 2. The number of aromatic nitrogens is 4. The zero-order valence-electron chi connectivity index (χ0n) is 18.6. The number of amides is 1. The molecule has 1 amide bonds. The summed E-state index contributed by atoms with van der Waals surface area (Å²) in [7, 11) is 1.89. The molecular weight excluding hydrogens is 426 g/mol. The lowest BCUT2D eigenvalue weighted by Crippen LogP contribution is -2.45. The molecule has 8 heteroatoms. The Morgan fingerprint density at radius 2 is 2.03 bits per heavy atom. The maximum atomic E-state index is 12.8. The molecule has 4 rings (SSSR count). The molecule has 0 saturated heterocycles. The van der Waals surface area contributed by atoms with Crippen LogP contribution in [0.4, 0.5) is 0 Å². The van der Waals surface area contributed by atoms with Crippen molar-refractivity contribution < 1.29 is 9.90 Å². The van der Waals surface area contributed by atoms with Gasteiger partial charge in [-0.2, -0.15) is 5.10 Å². The number of rotatable bonds is 5. The zero-order chi connectivity index (χ0) is 22.8. The van der Waals surface area contributed by atoms with E-state index in [4.69, 9.17) is 11.6 Å². The molecule has 0 aromatic carbocycles. The van der Waals surface area contributed by atoms with Crippen molar-refractivity contribution in [2.24, 2.45) is 7.05 Å². The Hall–Kier alpha value is -2.77. The van der Waals surface area contributed by atoms with Crippen LogP contribution < -0.4 is 5.32 Å². The predicted octanol–water partition coefficient (Wildman–Crippen LogP) is 3.77. The molecular formula is C24H28ClN5O2. The Kier molecular flexibility index (Phi) is 6.58. The van der Waals surface area contributed by atoms with Gasteiger partial charge in [-0.15, -0.1) is 0 Å². The first-order valence-corrected chi connectivity index (χ1v) is 11.3. The van der Waals surface area contributed by atoms with E-state index in [1.807, 2.05) is 38.5 Å². The summed E-state index contributed by atoms with van der Waals surface area (Å²) in [4.78, 5) is 21.8. The second-order valence-electron chi connectivity index (χ2n) is 8.53. The molecule has 32 heavy (non-hydrogen) atoms. The van der Waals surface area contributed by atoms with Gasteiger partial charge in [0, 0.05) is 31.4 Å². The van der Waals surface area contributed by atoms with Gasteiger partial charge in [0.2, 0.25) is 0 Å². The quantitative estimate of drug-likeness (QED) is 0.613. The number of hydrogen-bond acceptors (Lipinski definition) is 5. The smallest absolute Gasteiger partial charge is 0.270 e. The molecule has 3 aromatic rings. The predicted molar refractivity (Wildman–Crippen MR) is 124 cm³/mol. The standard InChI is InChI=1S/C24H28ClN5O2/c1-14-18(13-30(3)29-14)19-9-8-16(12-26-19)10-17-11-21(27-15(2)23(17)25)24(32)28-20-6-4-5-7-22(20)31/h8-9,11-13,20,22,31H,4-7,10H2,1-3H3,(H,28,32)/t20-,22-/m0/s1. The molecule has 0 radical (unpaired) electrons. The van der Waals surface area contributed by atoms with Crippen LogP contribution in [0, 0.1) is 13.8 Å². The molecule has 0 bridgehead atoms. The highest BCUT2D eigenvalue weighted by Crippen LogP contribution is 2.25. The summed E-state index contributed by atoms with van der Waals surface area (Å²) in [6.45, 7) is 3.76. The fourth-order valence-electron chi connectivity index (χ4n) is 4.25. The van der Waals surface area contributed by atoms with Crippen LogP contribution in [0.3, 0.4) is 0 Å². The van der Waals surface area contributed by atoms with Crippen LogP contribution in [-0.2, 0) is 13.5 Å². The highest BCUT2D eigenvalue weighted by atomic mass is 35.5. The SMILES string of the molecule is Cc1nn(C)cc1-c1ccc(Cc2cc(C(=O)N[C@H]3CCCC[C@@H]3O)nc(C)c2Cl)cn1. The van der Waals surface area contributed by atoms with Crippen molar-refractivity contribution in [3.05, 3.63) is 63.8 Å². The van der Waals surface area contributed by atoms with Crippen LogP contribution in [0.2, 0.25) is 5.02 Å². The Morgan fingerprint density at radius 1 is 1.25 bits per heavy atom. The van der Waals surface area contributed by atoms with E-state index in [9.17, 15) is 9.90 Å². The minimum Gasteiger partial charge on any atom is -0.391 e. The zero-order valence-corrected chi connectivity index (χ0v) is 19.4. The summed E-state index contributed by atoms with van der Waals surface area (Å²) in [5, 5.41) is 18.0. The lowest BCUT2D eigenvalue weighted by atomic mass is 9.92. The summed E-state index contributed by atoms with van der Waals surface area (Å²) < 4.78 is 1.78. The van der Waals surface area contributed by atoms with Crippen molar-refractivity contribution in [3.8, 4) is 11.3 Å². The lowest BCUT2D eigenvalue weighted by Gasteiger charge is -2.28. The van der Waals surface area contributed by atoms with Gasteiger partial charge >= 0.3 is 0 Å². The fourth-order valence-corrected chi connectivity index (χ4v) is 4.41. The van der Waals surface area contributed by atoms with Crippen LogP contribution in [0.5, 0.6) is 0 Å². The van der Waals surface area contributed by atoms with Gasteiger partial charge in [-0.05, 0) is 49.9 Å². The van der Waals surface area contributed by atoms with Crippen molar-refractivity contribution in [1.82, 2.24) is 25.1 Å². The van der Waals surface area contributed by atoms with Crippen molar-refractivity contribution in [2.45, 2.75) is 58.1 Å². The van der Waals surface area contributed by atoms with Gasteiger partial charge in [-0.25, -0.2) is 4.98 Å². The first kappa shape index (κ1) is 22.4. The minimum atomic E-state index is -0.506. The Balaban J connectivity index is 1.53. The fraction of sp³-hybridized carbons (Fsp3) is 0.417. The van der Waals surface area contributed by atoms with E-state index in [1.165, 1.54) is 0 Å². The van der Waals surface area contributed by atoms with Crippen LogP contribution in [0.1, 0.15) is 58.7 Å². The van der Waals surface area contributed by atoms with Crippen molar-refractivity contribution in [2.75, 3.05) is 0 Å². The average molecular weight is 454 g/mol. The van der Waals surface area contributed by atoms with E-state index >= 15 is 0 Å². The molecule has 7 nitrogen and oxygen atoms in total. The van der Waals surface area contributed by atoms with Gasteiger partial charge in [0.1, 0.15) is 5.69 Å². The highest BCUT2D eigenvalue weighted by Gasteiger charge is 2.25. The van der Waals surface area contributed by atoms with E-state index in [0.29, 0.717) is 29.3 Å². The summed E-state index contributed by atoms with van der Waals surface area (Å²) in [5.41, 5.74) is 5.52. The monoisotopic (exact) mass is 453 g/mol. The van der Waals surface area contributed by atoms with E-state index in [-0.39, 0.29) is 11.9 Å². The van der Waals surface area contributed by atoms with E-state index in [0.717, 1.165) is 47.3 Å². The van der Waals surface area contributed by atoms with E-state index in [2.05, 4.69) is 20.4 Å². The Morgan fingerprint density at radius 3 is 2.69 bits per heavy atom. The number of aryl methyl sites for hydroxylation is 3. The van der Waals surface area contributed by atoms with Gasteiger partial charge < -0.3 is 10.4 Å². The topological polar surface area (TPSA) is 92.9 Å². The third kappa shape index (κ3) is 4.84. The number of nitrogens with zero attached hydrogens (tertiary/aromatic N) is 4. The molecule has 1 saturated carbocycles. The van der Waals surface area contributed by atoms with E-state index < -0.39 is 6.10 Å². The molecule has 0 aliphatic heterocycles. The summed E-state index contributed by atoms with van der Waals surface area (Å²) in [6.07, 6.45) is 7.29. The number of carbonyl (C=O) groups excluding carboxylic acids is 1. The average Bonchev–Trinajstić information content (AvgIpc) is 3.11. The largest absolute Gasteiger partial charge is 0.391 e. The Labute approximate surface area is 192 Å². The minimum absolute atomic E-state index is 0.231. The van der Waals surface area contributed by atoms with Crippen molar-refractivity contribution in [1.29, 1.82) is 0 Å². The number of aliphatic hydroxyl groups excluding tert-OH is 1. The van der Waals surface area contributed by atoms with Gasteiger partial charge in [0.25, 0.3) is 5.91 Å². The normalized spacial score (nSPS) is 18.5. The second kappa shape index (κ2) is 9.38. The molecule has 3 heterocycles. The first-order chi connectivity index (χ1) is 15.3. The van der Waals surface area contributed by atoms with Crippen molar-refractivity contribution >= 4 is 17.5 Å². The van der Waals surface area contributed by atoms with Crippen LogP contribution in [0.15, 0.2) is 30.6 Å². The summed E-state index contributed by atoms with van der Waals surface area (Å²) >= 11 is 6.52. The third-order valence-electron chi connectivity index (χ3n) is 5.99. The Bertz CT molecular complexity index is 1130. The molecule has 2 atom stereocenters. The summed E-state index contributed by atoms with van der Waals surface area (Å²) in [5.74, 6) is -0.280. The second-order valence-corrected chi connectivity index (χ2v) is 8.91. The molecule has 2 N–H and O–H groups in total. The molecule has 0 spiro atoms. The molecule has 1 aliphatic rings. The highest BCUT2D eigenvalue weighted by molar-refractivity contribution is 6.32. The number of aliphatic hydroxyl groups is 1. The lowest BCUT2D eigenvalue weighted by molar-refractivity contribution is 0.0713. The first-order valence-electron chi connectivity index (χ1n) is 10.9. The molecule has 168 valence electrons. The van der Waals surface area contributed by atoms with Crippen molar-refractivity contribution in [3.63, 3.8) is 0 Å². The number of halogens is 1. The van der Waals surface area contributed by atoms with Crippen LogP contribution >= 0.6 is 11.6 Å². The number of pyridine rings is 2. The molecule has 1 aliphatic carbocycles. The van der Waals surface area contributed by atoms with Gasteiger partial charge in [0.05, 0.1) is 34.3 Å². The maximum Gasteiger partial charge on any atom is 0.270 e. The molecule has 1 fully saturated rings. The van der Waals surface area contributed by atoms with Crippen LogP contribution in [0.25, 0.3) is 11.3 Å². The van der Waals surface area contributed by atoms with Crippen LogP contribution in [-0.4, -0.2) is 42.9 Å². The van der Waals surface area contributed by atoms with Gasteiger partial charge in [0.15, 0.2) is 0 Å². The maximum absolute atomic E-state index is 12.8.